The molecule has 10 heteroatoms. The molecule has 0 saturated heterocycles. The van der Waals surface area contributed by atoms with E-state index in [1.165, 1.54) is 12.1 Å². The van der Waals surface area contributed by atoms with E-state index in [9.17, 15) is 21.6 Å². The topological polar surface area (TPSA) is 72.2 Å². The summed E-state index contributed by atoms with van der Waals surface area (Å²) in [6, 6.07) is 2.87. The Hall–Kier alpha value is -0.320. The first-order chi connectivity index (χ1) is 9.53. The lowest BCUT2D eigenvalue weighted by Crippen LogP contribution is -2.26. The van der Waals surface area contributed by atoms with Crippen molar-refractivity contribution in [2.45, 2.75) is 30.3 Å². The van der Waals surface area contributed by atoms with E-state index in [4.69, 9.17) is 5.73 Å². The largest absolute Gasteiger partial charge is 0.399 e. The number of benzene rings is 1. The van der Waals surface area contributed by atoms with Crippen LogP contribution in [0.5, 0.6) is 0 Å². The van der Waals surface area contributed by atoms with E-state index in [2.05, 4.69) is 36.6 Å². The SMILES string of the molecule is Nc1cc(Br)c(S(=O)(=O)NCCCCC(F)(F)F)c(Br)c1. The summed E-state index contributed by atoms with van der Waals surface area (Å²) in [6.07, 6.45) is -5.18. The van der Waals surface area contributed by atoms with E-state index in [1.807, 2.05) is 0 Å². The molecule has 21 heavy (non-hydrogen) atoms. The summed E-state index contributed by atoms with van der Waals surface area (Å²) in [5.74, 6) is 0. The van der Waals surface area contributed by atoms with Crippen LogP contribution in [0.2, 0.25) is 0 Å². The highest BCUT2D eigenvalue weighted by atomic mass is 79.9. The van der Waals surface area contributed by atoms with E-state index in [1.54, 1.807) is 0 Å². The second-order valence-electron chi connectivity index (χ2n) is 4.28. The number of nitrogen functional groups attached to an aromatic ring is 1. The Labute approximate surface area is 137 Å². The van der Waals surface area contributed by atoms with Gasteiger partial charge in [-0.15, -0.1) is 0 Å². The fourth-order valence-corrected chi connectivity index (χ4v) is 5.25. The summed E-state index contributed by atoms with van der Waals surface area (Å²) in [5.41, 5.74) is 5.94. The summed E-state index contributed by atoms with van der Waals surface area (Å²) >= 11 is 6.21. The minimum atomic E-state index is -4.22. The Morgan fingerprint density at radius 2 is 1.67 bits per heavy atom. The van der Waals surface area contributed by atoms with Gasteiger partial charge in [0.2, 0.25) is 10.0 Å². The molecule has 0 spiro atoms. The van der Waals surface area contributed by atoms with E-state index >= 15 is 0 Å². The zero-order chi connectivity index (χ0) is 16.3. The quantitative estimate of drug-likeness (QED) is 0.508. The monoisotopic (exact) mass is 452 g/mol. The molecule has 0 fully saturated rings. The van der Waals surface area contributed by atoms with Crippen molar-refractivity contribution in [3.05, 3.63) is 21.1 Å². The van der Waals surface area contributed by atoms with Crippen LogP contribution in [0.1, 0.15) is 19.3 Å². The lowest BCUT2D eigenvalue weighted by molar-refractivity contribution is -0.135. The van der Waals surface area contributed by atoms with Crippen LogP contribution in [0.3, 0.4) is 0 Å². The summed E-state index contributed by atoms with van der Waals surface area (Å²) in [4.78, 5) is -0.0347. The Bertz CT molecular complexity index is 583. The van der Waals surface area contributed by atoms with Gasteiger partial charge in [0.15, 0.2) is 0 Å². The Morgan fingerprint density at radius 1 is 1.14 bits per heavy atom. The fourth-order valence-electron chi connectivity index (χ4n) is 1.57. The summed E-state index contributed by atoms with van der Waals surface area (Å²) in [5, 5.41) is 0. The minimum Gasteiger partial charge on any atom is -0.399 e. The molecule has 0 aliphatic carbocycles. The predicted octanol–water partition coefficient (Wildman–Crippen LogP) is 3.80. The molecule has 0 unspecified atom stereocenters. The number of rotatable bonds is 6. The number of anilines is 1. The average Bonchev–Trinajstić information content (AvgIpc) is 2.24. The molecule has 1 aromatic rings. The molecule has 0 atom stereocenters. The molecule has 1 aromatic carbocycles. The third-order valence-corrected chi connectivity index (χ3v) is 5.81. The zero-order valence-corrected chi connectivity index (χ0v) is 14.7. The second kappa shape index (κ2) is 7.30. The predicted molar refractivity (Wildman–Crippen MR) is 81.3 cm³/mol. The molecule has 0 heterocycles. The minimum absolute atomic E-state index is 0.0347. The number of unbranched alkanes of at least 4 members (excludes halogenated alkanes) is 1. The van der Waals surface area contributed by atoms with Crippen LogP contribution in [-0.2, 0) is 10.0 Å². The van der Waals surface area contributed by atoms with Gasteiger partial charge in [-0.25, -0.2) is 13.1 Å². The van der Waals surface area contributed by atoms with Crippen molar-refractivity contribution in [2.24, 2.45) is 0 Å². The smallest absolute Gasteiger partial charge is 0.389 e. The first-order valence-electron chi connectivity index (χ1n) is 5.84. The number of hydrogen-bond acceptors (Lipinski definition) is 3. The molecule has 4 nitrogen and oxygen atoms in total. The van der Waals surface area contributed by atoms with Crippen LogP contribution < -0.4 is 10.5 Å². The number of alkyl halides is 3. The molecule has 120 valence electrons. The highest BCUT2D eigenvalue weighted by Gasteiger charge is 2.26. The van der Waals surface area contributed by atoms with E-state index < -0.39 is 22.6 Å². The van der Waals surface area contributed by atoms with Gasteiger partial charge in [-0.3, -0.25) is 0 Å². The number of halogens is 5. The lowest BCUT2D eigenvalue weighted by Gasteiger charge is -2.11. The van der Waals surface area contributed by atoms with Crippen molar-refractivity contribution in [3.8, 4) is 0 Å². The van der Waals surface area contributed by atoms with Crippen LogP contribution in [0, 0.1) is 0 Å². The van der Waals surface area contributed by atoms with Crippen LogP contribution in [0.15, 0.2) is 26.0 Å². The maximum Gasteiger partial charge on any atom is 0.389 e. The normalized spacial score (nSPS) is 12.6. The standard InChI is InChI=1S/C11H13Br2F3N2O2S/c12-8-5-7(17)6-9(13)10(8)21(19,20)18-4-2-1-3-11(14,15)16/h5-6,18H,1-4,17H2. The van der Waals surface area contributed by atoms with Gasteiger partial charge in [-0.05, 0) is 56.8 Å². The maximum absolute atomic E-state index is 12.1. The highest BCUT2D eigenvalue weighted by Crippen LogP contribution is 2.32. The number of nitrogens with two attached hydrogens (primary N) is 1. The van der Waals surface area contributed by atoms with Crippen molar-refractivity contribution >= 4 is 47.6 Å². The van der Waals surface area contributed by atoms with E-state index in [0.717, 1.165) is 0 Å². The van der Waals surface area contributed by atoms with Crippen molar-refractivity contribution < 1.29 is 21.6 Å². The first-order valence-corrected chi connectivity index (χ1v) is 8.91. The fraction of sp³-hybridized carbons (Fsp3) is 0.455. The first kappa shape index (κ1) is 18.7. The molecule has 0 aliphatic heterocycles. The van der Waals surface area contributed by atoms with Crippen LogP contribution in [0.25, 0.3) is 0 Å². The van der Waals surface area contributed by atoms with Gasteiger partial charge in [0.05, 0.1) is 0 Å². The number of hydrogen-bond donors (Lipinski definition) is 2. The molecular weight excluding hydrogens is 441 g/mol. The van der Waals surface area contributed by atoms with Crippen molar-refractivity contribution in [2.75, 3.05) is 12.3 Å². The van der Waals surface area contributed by atoms with Gasteiger partial charge in [0, 0.05) is 27.6 Å². The van der Waals surface area contributed by atoms with E-state index in [0.29, 0.717) is 5.69 Å². The average molecular weight is 454 g/mol. The van der Waals surface area contributed by atoms with Gasteiger partial charge >= 0.3 is 6.18 Å². The van der Waals surface area contributed by atoms with Gasteiger partial charge in [-0.2, -0.15) is 13.2 Å². The van der Waals surface area contributed by atoms with Crippen LogP contribution in [-0.4, -0.2) is 21.1 Å². The molecule has 1 rings (SSSR count). The van der Waals surface area contributed by atoms with Gasteiger partial charge < -0.3 is 5.73 Å². The zero-order valence-electron chi connectivity index (χ0n) is 10.7. The lowest BCUT2D eigenvalue weighted by atomic mass is 10.2. The van der Waals surface area contributed by atoms with E-state index in [-0.39, 0.29) is 33.2 Å². The van der Waals surface area contributed by atoms with Gasteiger partial charge in [0.25, 0.3) is 0 Å². The summed E-state index contributed by atoms with van der Waals surface area (Å²) < 4.78 is 62.9. The third kappa shape index (κ3) is 6.13. The summed E-state index contributed by atoms with van der Waals surface area (Å²) in [6.45, 7) is -0.0678. The molecule has 0 amide bonds. The summed E-state index contributed by atoms with van der Waals surface area (Å²) in [7, 11) is -3.83. The van der Waals surface area contributed by atoms with Gasteiger partial charge in [0.1, 0.15) is 4.90 Å². The number of sulfonamides is 1. The van der Waals surface area contributed by atoms with Gasteiger partial charge in [-0.1, -0.05) is 0 Å². The molecule has 0 saturated carbocycles. The van der Waals surface area contributed by atoms with Crippen molar-refractivity contribution in [1.82, 2.24) is 4.72 Å². The van der Waals surface area contributed by atoms with Crippen molar-refractivity contribution in [1.29, 1.82) is 0 Å². The second-order valence-corrected chi connectivity index (χ2v) is 7.70. The molecule has 0 aliphatic rings. The van der Waals surface area contributed by atoms with Crippen LogP contribution >= 0.6 is 31.9 Å². The third-order valence-electron chi connectivity index (χ3n) is 2.47. The Balaban J connectivity index is 2.67. The Kier molecular flexibility index (Phi) is 6.51. The highest BCUT2D eigenvalue weighted by molar-refractivity contribution is 9.11. The molecule has 0 bridgehead atoms. The Morgan fingerprint density at radius 3 is 2.14 bits per heavy atom. The van der Waals surface area contributed by atoms with Crippen LogP contribution in [0.4, 0.5) is 18.9 Å². The molecular formula is C11H13Br2F3N2O2S. The number of nitrogens with one attached hydrogen (secondary N) is 1. The molecule has 0 radical (unpaired) electrons. The maximum atomic E-state index is 12.1. The molecule has 0 aromatic heterocycles. The molecule has 3 N–H and O–H groups in total. The van der Waals surface area contributed by atoms with Crippen molar-refractivity contribution in [3.63, 3.8) is 0 Å².